The van der Waals surface area contributed by atoms with E-state index < -0.39 is 6.10 Å². The van der Waals surface area contributed by atoms with Crippen LogP contribution in [0.5, 0.6) is 0 Å². The molecular weight excluding hydrogens is 238 g/mol. The Hall–Kier alpha value is -1.39. The lowest BCUT2D eigenvalue weighted by molar-refractivity contribution is 0.178. The van der Waals surface area contributed by atoms with Gasteiger partial charge in [0.1, 0.15) is 0 Å². The molecule has 17 heavy (non-hydrogen) atoms. The van der Waals surface area contributed by atoms with Crippen LogP contribution in [0.15, 0.2) is 30.9 Å². The van der Waals surface area contributed by atoms with Crippen molar-refractivity contribution < 1.29 is 5.11 Å². The Kier molecular flexibility index (Phi) is 3.76. The molecule has 0 aliphatic rings. The number of aliphatic hydroxyl groups is 1. The minimum atomic E-state index is -0.625. The van der Waals surface area contributed by atoms with Crippen LogP contribution in [0.1, 0.15) is 24.2 Å². The topological polar surface area (TPSA) is 50.9 Å². The second kappa shape index (κ2) is 5.29. The molecule has 1 N–H and O–H groups in total. The fourth-order valence-electron chi connectivity index (χ4n) is 1.67. The molecule has 0 saturated heterocycles. The van der Waals surface area contributed by atoms with E-state index in [-0.39, 0.29) is 0 Å². The lowest BCUT2D eigenvalue weighted by Gasteiger charge is -2.10. The third-order valence-electron chi connectivity index (χ3n) is 2.60. The third kappa shape index (κ3) is 2.84. The summed E-state index contributed by atoms with van der Waals surface area (Å²) < 4.78 is 1.83. The number of nitrogens with zero attached hydrogens (tertiary/aromatic N) is 3. The van der Waals surface area contributed by atoms with E-state index in [1.807, 2.05) is 17.8 Å². The zero-order valence-electron chi connectivity index (χ0n) is 9.55. The summed E-state index contributed by atoms with van der Waals surface area (Å²) in [5.41, 5.74) is 1.69. The summed E-state index contributed by atoms with van der Waals surface area (Å²) in [4.78, 5) is 3.89. The second-order valence-corrected chi connectivity index (χ2v) is 4.23. The average molecular weight is 252 g/mol. The molecule has 0 amide bonds. The van der Waals surface area contributed by atoms with Crippen molar-refractivity contribution in [3.05, 3.63) is 47.0 Å². The number of halogens is 1. The van der Waals surface area contributed by atoms with E-state index in [1.165, 1.54) is 6.20 Å². The molecular formula is C12H14ClN3O. The molecule has 2 rings (SSSR count). The van der Waals surface area contributed by atoms with E-state index >= 15 is 0 Å². The molecule has 0 radical (unpaired) electrons. The second-order valence-electron chi connectivity index (χ2n) is 3.82. The monoisotopic (exact) mass is 251 g/mol. The molecule has 0 fully saturated rings. The minimum Gasteiger partial charge on any atom is -0.388 e. The first-order chi connectivity index (χ1) is 8.20. The molecule has 0 aliphatic heterocycles. The van der Waals surface area contributed by atoms with Gasteiger partial charge in [-0.1, -0.05) is 11.6 Å². The van der Waals surface area contributed by atoms with E-state index in [0.29, 0.717) is 17.0 Å². The molecule has 2 heterocycles. The Balaban J connectivity index is 2.11. The Morgan fingerprint density at radius 3 is 2.94 bits per heavy atom. The normalized spacial score (nSPS) is 12.6. The highest BCUT2D eigenvalue weighted by atomic mass is 35.5. The van der Waals surface area contributed by atoms with Gasteiger partial charge in [-0.05, 0) is 18.6 Å². The van der Waals surface area contributed by atoms with Gasteiger partial charge >= 0.3 is 0 Å². The van der Waals surface area contributed by atoms with Crippen LogP contribution in [0.3, 0.4) is 0 Å². The molecule has 0 spiro atoms. The molecule has 0 aromatic carbocycles. The summed E-state index contributed by atoms with van der Waals surface area (Å²) in [5.74, 6) is 0. The van der Waals surface area contributed by atoms with Gasteiger partial charge in [-0.2, -0.15) is 5.10 Å². The fourth-order valence-corrected chi connectivity index (χ4v) is 1.92. The lowest BCUT2D eigenvalue weighted by atomic mass is 10.1. The Morgan fingerprint density at radius 2 is 2.29 bits per heavy atom. The van der Waals surface area contributed by atoms with Gasteiger partial charge in [0.05, 0.1) is 17.3 Å². The van der Waals surface area contributed by atoms with Crippen molar-refractivity contribution >= 4 is 11.6 Å². The van der Waals surface area contributed by atoms with E-state index in [9.17, 15) is 5.11 Å². The van der Waals surface area contributed by atoms with Crippen LogP contribution >= 0.6 is 11.6 Å². The summed E-state index contributed by atoms with van der Waals surface area (Å²) in [5, 5.41) is 14.7. The predicted octanol–water partition coefficient (Wildman–Crippen LogP) is 2.23. The highest BCUT2D eigenvalue weighted by Crippen LogP contribution is 2.24. The van der Waals surface area contributed by atoms with Gasteiger partial charge < -0.3 is 5.11 Å². The fraction of sp³-hybridized carbons (Fsp3) is 0.333. The van der Waals surface area contributed by atoms with Crippen molar-refractivity contribution in [3.8, 4) is 0 Å². The van der Waals surface area contributed by atoms with Gasteiger partial charge in [0.15, 0.2) is 0 Å². The van der Waals surface area contributed by atoms with Crippen molar-refractivity contribution in [2.75, 3.05) is 0 Å². The SMILES string of the molecule is CCn1cc(CC(O)c2ccncc2Cl)cn1. The van der Waals surface area contributed by atoms with E-state index in [2.05, 4.69) is 10.1 Å². The third-order valence-corrected chi connectivity index (χ3v) is 2.92. The zero-order chi connectivity index (χ0) is 12.3. The lowest BCUT2D eigenvalue weighted by Crippen LogP contribution is -2.02. The van der Waals surface area contributed by atoms with E-state index in [1.54, 1.807) is 18.5 Å². The van der Waals surface area contributed by atoms with Crippen LogP contribution in [0, 0.1) is 0 Å². The number of hydrogen-bond acceptors (Lipinski definition) is 3. The maximum absolute atomic E-state index is 10.1. The summed E-state index contributed by atoms with van der Waals surface area (Å²) in [6.45, 7) is 2.85. The number of hydrogen-bond donors (Lipinski definition) is 1. The first-order valence-electron chi connectivity index (χ1n) is 5.49. The predicted molar refractivity (Wildman–Crippen MR) is 65.8 cm³/mol. The zero-order valence-corrected chi connectivity index (χ0v) is 10.3. The molecule has 90 valence electrons. The molecule has 4 nitrogen and oxygen atoms in total. The number of aryl methyl sites for hydroxylation is 1. The number of rotatable bonds is 4. The number of aliphatic hydroxyl groups excluding tert-OH is 1. The van der Waals surface area contributed by atoms with Crippen molar-refractivity contribution in [1.82, 2.24) is 14.8 Å². The average Bonchev–Trinajstić information content (AvgIpc) is 2.77. The Morgan fingerprint density at radius 1 is 1.47 bits per heavy atom. The smallest absolute Gasteiger partial charge is 0.0847 e. The van der Waals surface area contributed by atoms with Gasteiger partial charge in [-0.3, -0.25) is 9.67 Å². The standard InChI is InChI=1S/C12H14ClN3O/c1-2-16-8-9(6-15-16)5-12(17)10-3-4-14-7-11(10)13/h3-4,6-8,12,17H,2,5H2,1H3. The van der Waals surface area contributed by atoms with E-state index in [4.69, 9.17) is 11.6 Å². The first kappa shape index (κ1) is 12.1. The molecule has 2 aromatic heterocycles. The maximum atomic E-state index is 10.1. The quantitative estimate of drug-likeness (QED) is 0.907. The summed E-state index contributed by atoms with van der Waals surface area (Å²) >= 11 is 5.97. The summed E-state index contributed by atoms with van der Waals surface area (Å²) in [6.07, 6.45) is 6.74. The highest BCUT2D eigenvalue weighted by Gasteiger charge is 2.13. The Bertz CT molecular complexity index is 498. The van der Waals surface area contributed by atoms with Crippen LogP contribution < -0.4 is 0 Å². The van der Waals surface area contributed by atoms with Gasteiger partial charge in [0.2, 0.25) is 0 Å². The highest BCUT2D eigenvalue weighted by molar-refractivity contribution is 6.31. The molecule has 0 aliphatic carbocycles. The molecule has 0 saturated carbocycles. The van der Waals surface area contributed by atoms with E-state index in [0.717, 1.165) is 12.1 Å². The molecule has 1 atom stereocenters. The van der Waals surface area contributed by atoms with Crippen LogP contribution in [0.2, 0.25) is 5.02 Å². The minimum absolute atomic E-state index is 0.489. The van der Waals surface area contributed by atoms with Crippen LogP contribution in [0.4, 0.5) is 0 Å². The van der Waals surface area contributed by atoms with Gasteiger partial charge in [0.25, 0.3) is 0 Å². The summed E-state index contributed by atoms with van der Waals surface area (Å²) in [7, 11) is 0. The molecule has 1 unspecified atom stereocenters. The van der Waals surface area contributed by atoms with Gasteiger partial charge in [-0.15, -0.1) is 0 Å². The van der Waals surface area contributed by atoms with Gasteiger partial charge in [-0.25, -0.2) is 0 Å². The van der Waals surface area contributed by atoms with Crippen molar-refractivity contribution in [1.29, 1.82) is 0 Å². The maximum Gasteiger partial charge on any atom is 0.0847 e. The van der Waals surface area contributed by atoms with Crippen LogP contribution in [-0.2, 0) is 13.0 Å². The van der Waals surface area contributed by atoms with Crippen molar-refractivity contribution in [3.63, 3.8) is 0 Å². The van der Waals surface area contributed by atoms with Crippen LogP contribution in [0.25, 0.3) is 0 Å². The molecule has 0 bridgehead atoms. The largest absolute Gasteiger partial charge is 0.388 e. The number of pyridine rings is 1. The first-order valence-corrected chi connectivity index (χ1v) is 5.87. The summed E-state index contributed by atoms with van der Waals surface area (Å²) in [6, 6.07) is 1.73. The molecule has 2 aromatic rings. The Labute approximate surface area is 105 Å². The number of aromatic nitrogens is 3. The van der Waals surface area contributed by atoms with Crippen molar-refractivity contribution in [2.24, 2.45) is 0 Å². The van der Waals surface area contributed by atoms with Crippen LogP contribution in [-0.4, -0.2) is 19.9 Å². The molecule has 5 heteroatoms. The van der Waals surface area contributed by atoms with Gasteiger partial charge in [0, 0.05) is 37.1 Å². The van der Waals surface area contributed by atoms with Crippen molar-refractivity contribution in [2.45, 2.75) is 26.0 Å².